The molecular formula is C21H27N3O. The van der Waals surface area contributed by atoms with Crippen LogP contribution in [0.1, 0.15) is 68.2 Å². The molecule has 1 N–H and O–H groups in total. The quantitative estimate of drug-likeness (QED) is 0.926. The molecule has 0 saturated heterocycles. The minimum Gasteiger partial charge on any atom is -0.345 e. The van der Waals surface area contributed by atoms with Crippen LogP contribution in [-0.4, -0.2) is 15.9 Å². The predicted octanol–water partition coefficient (Wildman–Crippen LogP) is 3.83. The molecule has 0 unspecified atom stereocenters. The third-order valence-corrected chi connectivity index (χ3v) is 5.44. The summed E-state index contributed by atoms with van der Waals surface area (Å²) >= 11 is 0. The minimum atomic E-state index is -0.0410. The molecule has 0 radical (unpaired) electrons. The van der Waals surface area contributed by atoms with Crippen LogP contribution < -0.4 is 5.32 Å². The first kappa shape index (κ1) is 17.6. The number of hydrogen-bond donors (Lipinski definition) is 1. The molecule has 1 aliphatic carbocycles. The van der Waals surface area contributed by atoms with Crippen molar-refractivity contribution in [2.45, 2.75) is 66.8 Å². The number of benzene rings is 1. The number of hydrogen-bond acceptors (Lipinski definition) is 3. The van der Waals surface area contributed by atoms with Crippen molar-refractivity contribution in [3.8, 4) is 0 Å². The zero-order chi connectivity index (χ0) is 18.1. The van der Waals surface area contributed by atoms with Crippen LogP contribution in [0, 0.1) is 34.6 Å². The Morgan fingerprint density at radius 2 is 1.64 bits per heavy atom. The fourth-order valence-electron chi connectivity index (χ4n) is 3.73. The van der Waals surface area contributed by atoms with Crippen molar-refractivity contribution in [3.05, 3.63) is 56.7 Å². The first-order chi connectivity index (χ1) is 11.9. The van der Waals surface area contributed by atoms with E-state index in [0.717, 1.165) is 46.4 Å². The third kappa shape index (κ3) is 3.44. The third-order valence-electron chi connectivity index (χ3n) is 5.44. The monoisotopic (exact) mass is 337 g/mol. The van der Waals surface area contributed by atoms with Crippen molar-refractivity contribution in [1.82, 2.24) is 15.3 Å². The lowest BCUT2D eigenvalue weighted by molar-refractivity contribution is 0.0948. The van der Waals surface area contributed by atoms with Gasteiger partial charge in [-0.1, -0.05) is 6.07 Å². The van der Waals surface area contributed by atoms with Crippen LogP contribution in [0.5, 0.6) is 0 Å². The van der Waals surface area contributed by atoms with Gasteiger partial charge in [0.1, 0.15) is 5.82 Å². The second-order valence-corrected chi connectivity index (χ2v) is 7.18. The second-order valence-electron chi connectivity index (χ2n) is 7.18. The van der Waals surface area contributed by atoms with E-state index in [1.807, 2.05) is 13.8 Å². The number of carbonyl (C=O) groups is 1. The fourth-order valence-corrected chi connectivity index (χ4v) is 3.73. The molecule has 0 atom stereocenters. The molecule has 4 heteroatoms. The highest BCUT2D eigenvalue weighted by atomic mass is 16.1. The summed E-state index contributed by atoms with van der Waals surface area (Å²) < 4.78 is 0. The Morgan fingerprint density at radius 1 is 1.00 bits per heavy atom. The number of rotatable bonds is 3. The van der Waals surface area contributed by atoms with E-state index in [1.165, 1.54) is 24.1 Å². The Balaban J connectivity index is 1.81. The first-order valence-corrected chi connectivity index (χ1v) is 9.09. The lowest BCUT2D eigenvalue weighted by Gasteiger charge is -2.18. The molecule has 1 aliphatic rings. The molecule has 0 aliphatic heterocycles. The van der Waals surface area contributed by atoms with Gasteiger partial charge in [0.2, 0.25) is 0 Å². The van der Waals surface area contributed by atoms with E-state index in [-0.39, 0.29) is 5.91 Å². The number of nitrogens with one attached hydrogen (secondary N) is 1. The Hall–Kier alpha value is -2.23. The van der Waals surface area contributed by atoms with E-state index in [0.29, 0.717) is 12.4 Å². The zero-order valence-corrected chi connectivity index (χ0v) is 15.9. The summed E-state index contributed by atoms with van der Waals surface area (Å²) in [5, 5.41) is 3.02. The van der Waals surface area contributed by atoms with Gasteiger partial charge in [0.05, 0.1) is 6.54 Å². The molecule has 4 nitrogen and oxygen atoms in total. The molecule has 2 aromatic rings. The molecule has 1 heterocycles. The van der Waals surface area contributed by atoms with Crippen molar-refractivity contribution in [2.75, 3.05) is 0 Å². The number of nitrogens with zero attached hydrogens (tertiary/aromatic N) is 2. The predicted molar refractivity (Wildman–Crippen MR) is 100.0 cm³/mol. The summed E-state index contributed by atoms with van der Waals surface area (Å²) in [5.41, 5.74) is 8.71. The van der Waals surface area contributed by atoms with Crippen molar-refractivity contribution in [3.63, 3.8) is 0 Å². The molecule has 0 bridgehead atoms. The molecule has 1 aromatic carbocycles. The number of carbonyl (C=O) groups excluding carboxylic acids is 1. The lowest BCUT2D eigenvalue weighted by atomic mass is 9.94. The van der Waals surface area contributed by atoms with Gasteiger partial charge in [-0.3, -0.25) is 4.79 Å². The van der Waals surface area contributed by atoms with E-state index in [9.17, 15) is 4.79 Å². The van der Waals surface area contributed by atoms with E-state index >= 15 is 0 Å². The minimum absolute atomic E-state index is 0.0410. The zero-order valence-electron chi connectivity index (χ0n) is 15.9. The van der Waals surface area contributed by atoms with Gasteiger partial charge in [-0.2, -0.15) is 0 Å². The van der Waals surface area contributed by atoms with Gasteiger partial charge in [-0.05, 0) is 88.1 Å². The van der Waals surface area contributed by atoms with Gasteiger partial charge in [0, 0.05) is 17.0 Å². The lowest BCUT2D eigenvalue weighted by Crippen LogP contribution is -2.27. The molecule has 3 rings (SSSR count). The maximum atomic E-state index is 12.8. The Morgan fingerprint density at radius 3 is 2.32 bits per heavy atom. The summed E-state index contributed by atoms with van der Waals surface area (Å²) in [7, 11) is 0. The molecular weight excluding hydrogens is 310 g/mol. The van der Waals surface area contributed by atoms with Crippen LogP contribution in [0.2, 0.25) is 0 Å². The highest BCUT2D eigenvalue weighted by molar-refractivity contribution is 5.97. The topological polar surface area (TPSA) is 54.9 Å². The van der Waals surface area contributed by atoms with E-state index in [1.54, 1.807) is 0 Å². The van der Waals surface area contributed by atoms with Gasteiger partial charge >= 0.3 is 0 Å². The highest BCUT2D eigenvalue weighted by Gasteiger charge is 2.18. The Kier molecular flexibility index (Phi) is 4.89. The van der Waals surface area contributed by atoms with E-state index in [4.69, 9.17) is 4.98 Å². The van der Waals surface area contributed by atoms with Crippen molar-refractivity contribution >= 4 is 5.91 Å². The SMILES string of the molecule is Cc1cc(C)c(C)c(C(=O)NCc2nc(C)c3c(n2)CCCC3)c1C. The van der Waals surface area contributed by atoms with Gasteiger partial charge in [-0.25, -0.2) is 9.97 Å². The van der Waals surface area contributed by atoms with Gasteiger partial charge in [0.15, 0.2) is 0 Å². The standard InChI is InChI=1S/C21H27N3O/c1-12-10-13(2)15(4)20(14(12)3)21(25)22-11-19-23-16(5)17-8-6-7-9-18(17)24-19/h10H,6-9,11H2,1-5H3,(H,22,25). The van der Waals surface area contributed by atoms with E-state index in [2.05, 4.69) is 37.1 Å². The largest absolute Gasteiger partial charge is 0.345 e. The van der Waals surface area contributed by atoms with Crippen LogP contribution in [-0.2, 0) is 19.4 Å². The maximum Gasteiger partial charge on any atom is 0.252 e. The summed E-state index contributed by atoms with van der Waals surface area (Å²) in [6.45, 7) is 10.5. The normalized spacial score (nSPS) is 13.5. The molecule has 1 amide bonds. The molecule has 25 heavy (non-hydrogen) atoms. The summed E-state index contributed by atoms with van der Waals surface area (Å²) in [4.78, 5) is 22.1. The van der Waals surface area contributed by atoms with Crippen LogP contribution in [0.4, 0.5) is 0 Å². The molecule has 132 valence electrons. The smallest absolute Gasteiger partial charge is 0.252 e. The van der Waals surface area contributed by atoms with E-state index < -0.39 is 0 Å². The number of aryl methyl sites for hydroxylation is 4. The van der Waals surface area contributed by atoms with Gasteiger partial charge in [-0.15, -0.1) is 0 Å². The molecule has 1 aromatic heterocycles. The fraction of sp³-hybridized carbons (Fsp3) is 0.476. The van der Waals surface area contributed by atoms with Crippen molar-refractivity contribution < 1.29 is 4.79 Å². The first-order valence-electron chi connectivity index (χ1n) is 9.09. The van der Waals surface area contributed by atoms with Crippen LogP contribution in [0.25, 0.3) is 0 Å². The van der Waals surface area contributed by atoms with Gasteiger partial charge < -0.3 is 5.32 Å². The Bertz CT molecular complexity index is 814. The highest BCUT2D eigenvalue weighted by Crippen LogP contribution is 2.23. The maximum absolute atomic E-state index is 12.8. The van der Waals surface area contributed by atoms with Crippen molar-refractivity contribution in [1.29, 1.82) is 0 Å². The van der Waals surface area contributed by atoms with Crippen molar-refractivity contribution in [2.24, 2.45) is 0 Å². The number of amides is 1. The summed E-state index contributed by atoms with van der Waals surface area (Å²) in [5.74, 6) is 0.673. The molecule has 0 saturated carbocycles. The molecule has 0 spiro atoms. The summed E-state index contributed by atoms with van der Waals surface area (Å²) in [6.07, 6.45) is 4.51. The van der Waals surface area contributed by atoms with Crippen LogP contribution >= 0.6 is 0 Å². The number of fused-ring (bicyclic) bond motifs is 1. The van der Waals surface area contributed by atoms with Crippen LogP contribution in [0.15, 0.2) is 6.07 Å². The molecule has 0 fully saturated rings. The average Bonchev–Trinajstić information content (AvgIpc) is 2.58. The van der Waals surface area contributed by atoms with Crippen LogP contribution in [0.3, 0.4) is 0 Å². The van der Waals surface area contributed by atoms with Gasteiger partial charge in [0.25, 0.3) is 5.91 Å². The second kappa shape index (κ2) is 6.95. The Labute approximate surface area is 150 Å². The average molecular weight is 337 g/mol. The summed E-state index contributed by atoms with van der Waals surface area (Å²) in [6, 6.07) is 2.14. The number of aromatic nitrogens is 2.